The maximum Gasteiger partial charge on any atom is 0.417 e. The van der Waals surface area contributed by atoms with Crippen molar-refractivity contribution in [2.24, 2.45) is 0 Å². The molecule has 1 aromatic heterocycles. The number of carbonyl (C=O) groups is 1. The number of aromatic nitrogens is 1. The van der Waals surface area contributed by atoms with Gasteiger partial charge in [0, 0.05) is 5.56 Å². The number of rotatable bonds is 3. The van der Waals surface area contributed by atoms with Gasteiger partial charge in [-0.25, -0.2) is 4.79 Å². The highest BCUT2D eigenvalue weighted by molar-refractivity contribution is 6.14. The molecule has 118 valence electrons. The number of oxazole rings is 1. The normalized spacial score (nSPS) is 11.4. The monoisotopic (exact) mass is 320 g/mol. The molecule has 0 unspecified atom stereocenters. The molecule has 3 rings (SSSR count). The van der Waals surface area contributed by atoms with Crippen LogP contribution in [0.5, 0.6) is 5.75 Å². The molecule has 0 amide bonds. The minimum Gasteiger partial charge on any atom is -0.508 e. The molecule has 0 radical (unpaired) electrons. The van der Waals surface area contributed by atoms with Crippen LogP contribution in [0.2, 0.25) is 0 Å². The van der Waals surface area contributed by atoms with Crippen molar-refractivity contribution >= 4 is 23.0 Å². The van der Waals surface area contributed by atoms with Crippen LogP contribution >= 0.6 is 0 Å². The number of Topliss-reactive ketones (excluding diaryl/α,β-unsaturated/α-hetero) is 1. The molecule has 0 aliphatic carbocycles. The number of ketones is 1. The van der Waals surface area contributed by atoms with Crippen molar-refractivity contribution in [1.82, 2.24) is 4.98 Å². The Bertz CT molecular complexity index is 1080. The van der Waals surface area contributed by atoms with Crippen LogP contribution in [-0.2, 0) is 0 Å². The molecule has 1 heterocycles. The molecule has 0 bridgehead atoms. The van der Waals surface area contributed by atoms with Crippen molar-refractivity contribution < 1.29 is 14.3 Å². The van der Waals surface area contributed by atoms with Crippen LogP contribution in [-0.4, -0.2) is 15.9 Å². The molecule has 2 N–H and O–H groups in total. The Labute approximate surface area is 136 Å². The third-order valence-corrected chi connectivity index (χ3v) is 3.58. The van der Waals surface area contributed by atoms with E-state index in [2.05, 4.69) is 4.98 Å². The van der Waals surface area contributed by atoms with Crippen molar-refractivity contribution in [3.63, 3.8) is 0 Å². The number of allylic oxidation sites excluding steroid dienone is 1. The van der Waals surface area contributed by atoms with Gasteiger partial charge in [0.2, 0.25) is 5.78 Å². The molecule has 0 aliphatic rings. The summed E-state index contributed by atoms with van der Waals surface area (Å²) < 4.78 is 4.93. The summed E-state index contributed by atoms with van der Waals surface area (Å²) >= 11 is 0. The molecular formula is C18H12N2O4. The van der Waals surface area contributed by atoms with Gasteiger partial charge in [-0.3, -0.25) is 9.78 Å². The fourth-order valence-corrected chi connectivity index (χ4v) is 2.33. The number of nitriles is 1. The first-order valence-corrected chi connectivity index (χ1v) is 7.07. The third-order valence-electron chi connectivity index (χ3n) is 3.58. The largest absolute Gasteiger partial charge is 0.508 e. The van der Waals surface area contributed by atoms with Crippen LogP contribution in [0.15, 0.2) is 51.2 Å². The van der Waals surface area contributed by atoms with Gasteiger partial charge in [-0.2, -0.15) is 5.26 Å². The average Bonchev–Trinajstić information content (AvgIpc) is 2.94. The molecule has 3 aromatic rings. The summed E-state index contributed by atoms with van der Waals surface area (Å²) in [5, 5.41) is 18.8. The first-order valence-electron chi connectivity index (χ1n) is 7.07. The molecule has 0 fully saturated rings. The number of aromatic amines is 1. The fraction of sp³-hybridized carbons (Fsp3) is 0.0556. The lowest BCUT2D eigenvalue weighted by Crippen LogP contribution is -2.01. The first kappa shape index (κ1) is 15.3. The molecular weight excluding hydrogens is 308 g/mol. The summed E-state index contributed by atoms with van der Waals surface area (Å²) in [7, 11) is 0. The highest BCUT2D eigenvalue weighted by atomic mass is 16.4. The van der Waals surface area contributed by atoms with Gasteiger partial charge in [0.15, 0.2) is 5.58 Å². The fourth-order valence-electron chi connectivity index (χ4n) is 2.33. The van der Waals surface area contributed by atoms with Crippen molar-refractivity contribution in [3.05, 3.63) is 69.2 Å². The van der Waals surface area contributed by atoms with Crippen LogP contribution < -0.4 is 5.76 Å². The van der Waals surface area contributed by atoms with Gasteiger partial charge in [-0.1, -0.05) is 6.07 Å². The summed E-state index contributed by atoms with van der Waals surface area (Å²) in [6, 6.07) is 11.2. The number of hydrogen-bond donors (Lipinski definition) is 2. The molecule has 2 aromatic carbocycles. The number of carbonyl (C=O) groups excluding carboxylic acids is 1. The molecule has 0 saturated heterocycles. The molecule has 24 heavy (non-hydrogen) atoms. The van der Waals surface area contributed by atoms with Crippen LogP contribution in [0.1, 0.15) is 21.5 Å². The molecule has 6 heteroatoms. The van der Waals surface area contributed by atoms with Gasteiger partial charge >= 0.3 is 5.76 Å². The standard InChI is InChI=1S/C18H12N2O4/c1-10-6-11(2-5-15(10)21)7-13(9-19)17(22)12-3-4-14-16(8-12)24-18(23)20-14/h2-8,21H,1H3,(H,20,23)/b13-7+. The van der Waals surface area contributed by atoms with E-state index in [1.165, 1.54) is 24.3 Å². The number of benzene rings is 2. The topological polar surface area (TPSA) is 107 Å². The van der Waals surface area contributed by atoms with E-state index in [-0.39, 0.29) is 22.5 Å². The minimum absolute atomic E-state index is 0.0580. The number of H-pyrrole nitrogens is 1. The van der Waals surface area contributed by atoms with Gasteiger partial charge < -0.3 is 9.52 Å². The maximum atomic E-state index is 12.5. The number of aromatic hydroxyl groups is 1. The number of fused-ring (bicyclic) bond motifs is 1. The predicted octanol–water partition coefficient (Wildman–Crippen LogP) is 2.93. The number of phenolic OH excluding ortho intramolecular Hbond substituents is 1. The Morgan fingerprint density at radius 2 is 2.08 bits per heavy atom. The average molecular weight is 320 g/mol. The van der Waals surface area contributed by atoms with Crippen LogP contribution in [0.25, 0.3) is 17.2 Å². The van der Waals surface area contributed by atoms with E-state index < -0.39 is 11.5 Å². The zero-order chi connectivity index (χ0) is 17.3. The SMILES string of the molecule is Cc1cc(/C=C(\C#N)C(=O)c2ccc3[nH]c(=O)oc3c2)ccc1O. The van der Waals surface area contributed by atoms with Crippen molar-refractivity contribution in [3.8, 4) is 11.8 Å². The summed E-state index contributed by atoms with van der Waals surface area (Å²) in [6.45, 7) is 1.72. The van der Waals surface area contributed by atoms with Gasteiger partial charge in [0.25, 0.3) is 0 Å². The van der Waals surface area contributed by atoms with Crippen molar-refractivity contribution in [2.45, 2.75) is 6.92 Å². The molecule has 0 atom stereocenters. The lowest BCUT2D eigenvalue weighted by Gasteiger charge is -2.02. The first-order chi connectivity index (χ1) is 11.5. The quantitative estimate of drug-likeness (QED) is 0.438. The summed E-state index contributed by atoms with van der Waals surface area (Å²) in [4.78, 5) is 26.2. The van der Waals surface area contributed by atoms with E-state index >= 15 is 0 Å². The van der Waals surface area contributed by atoms with Crippen molar-refractivity contribution in [2.75, 3.05) is 0 Å². The summed E-state index contributed by atoms with van der Waals surface area (Å²) in [5.41, 5.74) is 2.19. The summed E-state index contributed by atoms with van der Waals surface area (Å²) in [5.74, 6) is -0.941. The lowest BCUT2D eigenvalue weighted by molar-refractivity contribution is 0.104. The second-order valence-electron chi connectivity index (χ2n) is 5.27. The van der Waals surface area contributed by atoms with E-state index in [0.29, 0.717) is 16.6 Å². The smallest absolute Gasteiger partial charge is 0.417 e. The molecule has 6 nitrogen and oxygen atoms in total. The number of nitrogens with one attached hydrogen (secondary N) is 1. The Morgan fingerprint density at radius 1 is 1.29 bits per heavy atom. The van der Waals surface area contributed by atoms with E-state index in [1.807, 2.05) is 6.07 Å². The molecule has 0 aliphatic heterocycles. The zero-order valence-electron chi connectivity index (χ0n) is 12.7. The number of nitrogens with zero attached hydrogens (tertiary/aromatic N) is 1. The van der Waals surface area contributed by atoms with E-state index in [1.54, 1.807) is 25.1 Å². The van der Waals surface area contributed by atoms with Crippen LogP contribution in [0, 0.1) is 18.3 Å². The second-order valence-corrected chi connectivity index (χ2v) is 5.27. The van der Waals surface area contributed by atoms with Gasteiger partial charge in [0.1, 0.15) is 17.4 Å². The highest BCUT2D eigenvalue weighted by Crippen LogP contribution is 2.21. The van der Waals surface area contributed by atoms with E-state index in [4.69, 9.17) is 4.42 Å². The summed E-state index contributed by atoms with van der Waals surface area (Å²) in [6.07, 6.45) is 1.45. The Hall–Kier alpha value is -3.59. The zero-order valence-corrected chi connectivity index (χ0v) is 12.7. The van der Waals surface area contributed by atoms with E-state index in [0.717, 1.165) is 0 Å². The minimum atomic E-state index is -0.606. The van der Waals surface area contributed by atoms with Gasteiger partial charge in [-0.15, -0.1) is 0 Å². The van der Waals surface area contributed by atoms with Crippen LogP contribution in [0.4, 0.5) is 0 Å². The Balaban J connectivity index is 2.00. The van der Waals surface area contributed by atoms with Crippen LogP contribution in [0.3, 0.4) is 0 Å². The highest BCUT2D eigenvalue weighted by Gasteiger charge is 2.14. The third kappa shape index (κ3) is 2.83. The lowest BCUT2D eigenvalue weighted by atomic mass is 10.0. The predicted molar refractivity (Wildman–Crippen MR) is 87.6 cm³/mol. The number of aryl methyl sites for hydroxylation is 1. The molecule has 0 spiro atoms. The van der Waals surface area contributed by atoms with E-state index in [9.17, 15) is 20.0 Å². The Morgan fingerprint density at radius 3 is 2.79 bits per heavy atom. The van der Waals surface area contributed by atoms with Gasteiger partial charge in [0.05, 0.1) is 5.52 Å². The number of hydrogen-bond acceptors (Lipinski definition) is 5. The molecule has 0 saturated carbocycles. The Kier molecular flexibility index (Phi) is 3.76. The second kappa shape index (κ2) is 5.89. The van der Waals surface area contributed by atoms with Crippen molar-refractivity contribution in [1.29, 1.82) is 5.26 Å². The van der Waals surface area contributed by atoms with Gasteiger partial charge in [-0.05, 0) is 54.5 Å². The number of phenols is 1. The maximum absolute atomic E-state index is 12.5.